The molecular weight excluding hydrogens is 713 g/mol. The lowest BCUT2D eigenvalue weighted by atomic mass is 9.91. The largest absolute Gasteiger partial charge is 0.477 e. The zero-order valence-corrected chi connectivity index (χ0v) is 30.7. The first-order valence-corrected chi connectivity index (χ1v) is 19.4. The van der Waals surface area contributed by atoms with Gasteiger partial charge in [-0.25, -0.2) is 9.78 Å². The summed E-state index contributed by atoms with van der Waals surface area (Å²) in [4.78, 5) is 52.7. The van der Waals surface area contributed by atoms with Gasteiger partial charge in [-0.05, 0) is 127 Å². The van der Waals surface area contributed by atoms with Crippen LogP contribution in [-0.4, -0.2) is 59.0 Å². The van der Waals surface area contributed by atoms with Crippen LogP contribution in [0.1, 0.15) is 61.5 Å². The number of anilines is 3. The van der Waals surface area contributed by atoms with E-state index in [0.717, 1.165) is 88.1 Å². The Balaban J connectivity index is 0.867. The number of aromatic amines is 1. The van der Waals surface area contributed by atoms with Crippen LogP contribution in [0, 0.1) is 0 Å². The Labute approximate surface area is 319 Å². The standard InChI is InChI=1S/C42H36N8O4S/c43-31(40(52)50-17-13-29-30-22-34(41(53)54)44-32(30)10-11-36(29)50)20-23-4-1-7-35-28(23)12-16-49(35)39(51)26-8-9-33-37(21-26)55-42(45-33)47-46-27-18-24-5-2-14-48-15-3-6-25(19-27)38(24)48/h1,4,7-11,18-22,44H,2-3,5-6,12-17,43H2,(H,53,54)/b31-20-,47-46+. The molecule has 274 valence electrons. The van der Waals surface area contributed by atoms with E-state index in [4.69, 9.17) is 5.73 Å². The van der Waals surface area contributed by atoms with Gasteiger partial charge in [0, 0.05) is 59.7 Å². The number of H-pyrrole nitrogens is 1. The first kappa shape index (κ1) is 33.2. The van der Waals surface area contributed by atoms with Crippen molar-refractivity contribution in [1.29, 1.82) is 0 Å². The number of carboxylic acid groups (broad SMARTS) is 1. The van der Waals surface area contributed by atoms with Crippen molar-refractivity contribution < 1.29 is 19.5 Å². The highest BCUT2D eigenvalue weighted by Gasteiger charge is 2.31. The number of nitrogens with two attached hydrogens (primary N) is 1. The minimum absolute atomic E-state index is 0.0860. The molecule has 0 saturated heterocycles. The lowest BCUT2D eigenvalue weighted by molar-refractivity contribution is -0.115. The van der Waals surface area contributed by atoms with Crippen molar-refractivity contribution in [2.45, 2.75) is 38.5 Å². The lowest BCUT2D eigenvalue weighted by Gasteiger charge is -2.36. The number of rotatable bonds is 6. The smallest absolute Gasteiger partial charge is 0.352 e. The molecule has 0 bridgehead atoms. The van der Waals surface area contributed by atoms with Crippen molar-refractivity contribution in [1.82, 2.24) is 9.97 Å². The number of aromatic nitrogens is 2. The number of carbonyl (C=O) groups is 3. The Hall–Kier alpha value is -6.34. The molecule has 10 rings (SSSR count). The number of nitrogens with zero attached hydrogens (tertiary/aromatic N) is 6. The number of azo groups is 1. The summed E-state index contributed by atoms with van der Waals surface area (Å²) in [5.74, 6) is -1.47. The molecule has 0 fully saturated rings. The molecule has 2 aromatic heterocycles. The maximum Gasteiger partial charge on any atom is 0.352 e. The number of thiazole rings is 1. The second-order valence-electron chi connectivity index (χ2n) is 14.6. The van der Waals surface area contributed by atoms with Crippen LogP contribution >= 0.6 is 11.3 Å². The predicted molar refractivity (Wildman–Crippen MR) is 214 cm³/mol. The molecule has 4 N–H and O–H groups in total. The van der Waals surface area contributed by atoms with Crippen molar-refractivity contribution in [3.63, 3.8) is 0 Å². The number of fused-ring (bicyclic) bond motifs is 5. The number of hydrogen-bond acceptors (Lipinski definition) is 9. The van der Waals surface area contributed by atoms with Crippen LogP contribution in [0.3, 0.4) is 0 Å². The fourth-order valence-corrected chi connectivity index (χ4v) is 9.64. The molecule has 0 aliphatic carbocycles. The van der Waals surface area contributed by atoms with E-state index < -0.39 is 5.97 Å². The van der Waals surface area contributed by atoms with Crippen molar-refractivity contribution >= 4 is 84.2 Å². The molecule has 0 radical (unpaired) electrons. The second kappa shape index (κ2) is 12.9. The summed E-state index contributed by atoms with van der Waals surface area (Å²) in [6.45, 7) is 3.20. The van der Waals surface area contributed by atoms with Crippen molar-refractivity contribution in [2.24, 2.45) is 16.0 Å². The highest BCUT2D eigenvalue weighted by atomic mass is 32.1. The molecule has 12 nitrogen and oxygen atoms in total. The number of benzene rings is 4. The summed E-state index contributed by atoms with van der Waals surface area (Å²) in [5.41, 5.74) is 17.9. The third-order valence-electron chi connectivity index (χ3n) is 11.3. The van der Waals surface area contributed by atoms with Gasteiger partial charge in [-0.15, -0.1) is 10.2 Å². The molecule has 0 unspecified atom stereocenters. The van der Waals surface area contributed by atoms with E-state index in [1.165, 1.54) is 28.2 Å². The number of aromatic carboxylic acids is 1. The summed E-state index contributed by atoms with van der Waals surface area (Å²) in [6.07, 6.45) is 7.37. The Bertz CT molecular complexity index is 2660. The van der Waals surface area contributed by atoms with E-state index in [0.29, 0.717) is 42.1 Å². The molecule has 0 atom stereocenters. The molecule has 6 heterocycles. The van der Waals surface area contributed by atoms with Gasteiger partial charge in [-0.2, -0.15) is 0 Å². The highest BCUT2D eigenvalue weighted by molar-refractivity contribution is 7.21. The van der Waals surface area contributed by atoms with Crippen molar-refractivity contribution in [2.75, 3.05) is 40.9 Å². The Morgan fingerprint density at radius 1 is 0.836 bits per heavy atom. The third-order valence-corrected chi connectivity index (χ3v) is 12.2. The first-order valence-electron chi connectivity index (χ1n) is 18.6. The number of amides is 2. The molecule has 55 heavy (non-hydrogen) atoms. The van der Waals surface area contributed by atoms with Gasteiger partial charge >= 0.3 is 5.97 Å². The van der Waals surface area contributed by atoms with Gasteiger partial charge in [0.25, 0.3) is 11.8 Å². The minimum atomic E-state index is -1.03. The van der Waals surface area contributed by atoms with Gasteiger partial charge in [-0.1, -0.05) is 23.5 Å². The van der Waals surface area contributed by atoms with Gasteiger partial charge in [0.05, 0.1) is 21.6 Å². The Morgan fingerprint density at radius 3 is 2.40 bits per heavy atom. The second-order valence-corrected chi connectivity index (χ2v) is 15.6. The average molecular weight is 749 g/mol. The number of hydrogen-bond donors (Lipinski definition) is 3. The summed E-state index contributed by atoms with van der Waals surface area (Å²) in [5, 5.41) is 19.9. The normalized spacial score (nSPS) is 16.3. The van der Waals surface area contributed by atoms with Crippen LogP contribution < -0.4 is 20.4 Å². The van der Waals surface area contributed by atoms with Gasteiger partial charge in [-0.3, -0.25) is 9.59 Å². The summed E-state index contributed by atoms with van der Waals surface area (Å²) in [7, 11) is 0. The zero-order chi connectivity index (χ0) is 37.4. The fourth-order valence-electron chi connectivity index (χ4n) is 8.82. The van der Waals surface area contributed by atoms with Crippen molar-refractivity contribution in [3.05, 3.63) is 112 Å². The van der Waals surface area contributed by atoms with Crippen LogP contribution in [0.25, 0.3) is 27.2 Å². The Morgan fingerprint density at radius 2 is 1.60 bits per heavy atom. The highest BCUT2D eigenvalue weighted by Crippen LogP contribution is 2.40. The molecule has 4 aliphatic heterocycles. The third kappa shape index (κ3) is 5.65. The quantitative estimate of drug-likeness (QED) is 0.116. The van der Waals surface area contributed by atoms with E-state index in [-0.39, 0.29) is 23.2 Å². The number of carboxylic acids is 1. The van der Waals surface area contributed by atoms with Crippen LogP contribution in [0.15, 0.2) is 82.7 Å². The van der Waals surface area contributed by atoms with E-state index in [9.17, 15) is 19.5 Å². The Kier molecular flexibility index (Phi) is 7.80. The maximum absolute atomic E-state index is 14.0. The first-order chi connectivity index (χ1) is 26.8. The van der Waals surface area contributed by atoms with Crippen LogP contribution in [-0.2, 0) is 30.5 Å². The van der Waals surface area contributed by atoms with Crippen LogP contribution in [0.5, 0.6) is 0 Å². The van der Waals surface area contributed by atoms with Crippen LogP contribution in [0.4, 0.5) is 27.9 Å². The number of aryl methyl sites for hydroxylation is 2. The molecule has 2 amide bonds. The lowest BCUT2D eigenvalue weighted by Crippen LogP contribution is -2.34. The van der Waals surface area contributed by atoms with Gasteiger partial charge in [0.2, 0.25) is 5.13 Å². The maximum atomic E-state index is 14.0. The topological polar surface area (TPSA) is 161 Å². The van der Waals surface area contributed by atoms with Gasteiger partial charge in [0.15, 0.2) is 0 Å². The summed E-state index contributed by atoms with van der Waals surface area (Å²) in [6, 6.07) is 20.8. The van der Waals surface area contributed by atoms with Crippen molar-refractivity contribution in [3.8, 4) is 0 Å². The predicted octanol–water partition coefficient (Wildman–Crippen LogP) is 7.68. The fraction of sp³-hybridized carbons (Fsp3) is 0.238. The number of nitrogens with one attached hydrogen (secondary N) is 1. The molecular formula is C42H36N8O4S. The minimum Gasteiger partial charge on any atom is -0.477 e. The SMILES string of the molecule is N/C(=C\c1cccc2c1CCN2C(=O)c1ccc2nc(/N=N/c3cc4c5c(c3)CCCN5CCC4)sc2c1)C(=O)N1CCc2c1ccc1[nH]c(C(=O)O)cc21. The molecule has 0 spiro atoms. The zero-order valence-electron chi connectivity index (χ0n) is 29.8. The molecule has 13 heteroatoms. The summed E-state index contributed by atoms with van der Waals surface area (Å²) < 4.78 is 0.862. The number of carbonyl (C=O) groups excluding carboxylic acids is 2. The average Bonchev–Trinajstić information content (AvgIpc) is 4.00. The van der Waals surface area contributed by atoms with E-state index in [1.54, 1.807) is 34.1 Å². The van der Waals surface area contributed by atoms with Gasteiger partial charge in [0.1, 0.15) is 5.69 Å². The molecule has 6 aromatic rings. The van der Waals surface area contributed by atoms with Crippen LogP contribution in [0.2, 0.25) is 0 Å². The molecule has 4 aliphatic rings. The monoisotopic (exact) mass is 748 g/mol. The summed E-state index contributed by atoms with van der Waals surface area (Å²) >= 11 is 1.41. The van der Waals surface area contributed by atoms with Gasteiger partial charge < -0.3 is 30.5 Å². The van der Waals surface area contributed by atoms with E-state index in [1.807, 2.05) is 36.4 Å². The van der Waals surface area contributed by atoms with E-state index in [2.05, 4.69) is 37.2 Å². The van der Waals surface area contributed by atoms with E-state index >= 15 is 0 Å². The molecule has 0 saturated carbocycles. The molecule has 4 aromatic carbocycles.